The topological polar surface area (TPSA) is 338 Å². The summed E-state index contributed by atoms with van der Waals surface area (Å²) in [5.74, 6) is -11.2. The average molecular weight is 1330 g/mol. The zero-order chi connectivity index (χ0) is 71.7. The maximum absolute atomic E-state index is 15.4. The minimum atomic E-state index is -1.72. The molecule has 94 heavy (non-hydrogen) atoms. The third-order valence-electron chi connectivity index (χ3n) is 18.1. The van der Waals surface area contributed by atoms with E-state index in [0.29, 0.717) is 0 Å². The number of hydrogen-bond acceptors (Lipinski definition) is 16. The van der Waals surface area contributed by atoms with Crippen molar-refractivity contribution in [1.29, 1.82) is 0 Å². The fourth-order valence-electron chi connectivity index (χ4n) is 12.3. The summed E-state index contributed by atoms with van der Waals surface area (Å²) >= 11 is 0. The zero-order valence-electron chi connectivity index (χ0n) is 59.8. The van der Waals surface area contributed by atoms with Gasteiger partial charge in [0.1, 0.15) is 72.6 Å². The lowest BCUT2D eigenvalue weighted by Crippen LogP contribution is -2.64. The Morgan fingerprint density at radius 2 is 1.04 bits per heavy atom. The van der Waals surface area contributed by atoms with Crippen LogP contribution in [0.3, 0.4) is 0 Å². The molecule has 3 saturated heterocycles. The van der Waals surface area contributed by atoms with Gasteiger partial charge in [-0.1, -0.05) is 95.2 Å². The van der Waals surface area contributed by atoms with Crippen LogP contribution in [-0.2, 0) is 62.2 Å². The summed E-state index contributed by atoms with van der Waals surface area (Å²) in [4.78, 5) is 186. The van der Waals surface area contributed by atoms with Crippen molar-refractivity contribution in [3.63, 3.8) is 0 Å². The minimum Gasteiger partial charge on any atom is -0.444 e. The van der Waals surface area contributed by atoms with Crippen LogP contribution in [0.2, 0.25) is 0 Å². The van der Waals surface area contributed by atoms with Crippen LogP contribution in [0.5, 0.6) is 0 Å². The molecule has 28 nitrogen and oxygen atoms in total. The van der Waals surface area contributed by atoms with E-state index >= 15 is 28.8 Å². The quantitative estimate of drug-likeness (QED) is 0.126. The molecule has 0 aromatic rings. The first kappa shape index (κ1) is 81.3. The van der Waals surface area contributed by atoms with Crippen LogP contribution in [0.1, 0.15) is 142 Å². The molecule has 0 spiro atoms. The summed E-state index contributed by atoms with van der Waals surface area (Å²) < 4.78 is 11.3. The minimum absolute atomic E-state index is 0.0883. The molecule has 0 saturated carbocycles. The van der Waals surface area contributed by atoms with Crippen molar-refractivity contribution in [3.8, 4) is 0 Å². The maximum Gasteiger partial charge on any atom is 0.410 e. The molecule has 14 atom stereocenters. The highest BCUT2D eigenvalue weighted by Gasteiger charge is 2.49. The predicted molar refractivity (Wildman–Crippen MR) is 351 cm³/mol. The van der Waals surface area contributed by atoms with Gasteiger partial charge in [0.2, 0.25) is 65.0 Å². The Bertz CT molecular complexity index is 2670. The number of morpholine rings is 1. The molecular formula is C66H114N12O16. The van der Waals surface area contributed by atoms with E-state index in [4.69, 9.17) is 9.47 Å². The predicted octanol–water partition coefficient (Wildman–Crippen LogP) is 1.20. The monoisotopic (exact) mass is 1330 g/mol. The smallest absolute Gasteiger partial charge is 0.410 e. The number of carbonyl (C=O) groups excluding carboxylic acids is 12. The second-order valence-corrected chi connectivity index (χ2v) is 27.7. The second kappa shape index (κ2) is 36.8. The molecule has 0 bridgehead atoms. The largest absolute Gasteiger partial charge is 0.444 e. The second-order valence-electron chi connectivity index (χ2n) is 27.7. The van der Waals surface area contributed by atoms with Gasteiger partial charge in [0.25, 0.3) is 0 Å². The summed E-state index contributed by atoms with van der Waals surface area (Å²) in [7, 11) is 8.16. The van der Waals surface area contributed by atoms with Crippen LogP contribution in [0.4, 0.5) is 4.79 Å². The number of amides is 12. The number of rotatable bonds is 15. The number of likely N-dealkylation sites (N-methyl/N-ethyl adjacent to an activating group) is 6. The van der Waals surface area contributed by atoms with Crippen molar-refractivity contribution in [1.82, 2.24) is 60.5 Å². The Morgan fingerprint density at radius 1 is 0.564 bits per heavy atom. The first-order valence-corrected chi connectivity index (χ1v) is 33.4. The van der Waals surface area contributed by atoms with Gasteiger partial charge in [0.15, 0.2) is 0 Å². The Labute approximate surface area is 557 Å². The molecular weight excluding hydrogens is 1220 g/mol. The van der Waals surface area contributed by atoms with Crippen LogP contribution in [-0.4, -0.2) is 281 Å². The molecule has 0 radical (unpaired) electrons. The Kier molecular flexibility index (Phi) is 31.8. The average Bonchev–Trinajstić information content (AvgIpc) is 1.25. The summed E-state index contributed by atoms with van der Waals surface area (Å²) in [5.41, 5.74) is 0. The molecule has 3 aliphatic rings. The van der Waals surface area contributed by atoms with Crippen LogP contribution in [0, 0.1) is 35.5 Å². The van der Waals surface area contributed by atoms with Gasteiger partial charge < -0.3 is 80.2 Å². The Hall–Kier alpha value is -6.94. The molecule has 534 valence electrons. The van der Waals surface area contributed by atoms with Gasteiger partial charge in [0.05, 0.1) is 32.5 Å². The van der Waals surface area contributed by atoms with E-state index in [2.05, 4.69) is 21.3 Å². The third kappa shape index (κ3) is 21.0. The number of carbonyl (C=O) groups is 12. The van der Waals surface area contributed by atoms with Gasteiger partial charge in [-0.05, 0) is 88.4 Å². The van der Waals surface area contributed by atoms with E-state index in [9.17, 15) is 39.0 Å². The number of allylic oxidation sites excluding steroid dienone is 2. The number of aliphatic hydroxyl groups excluding tert-OH is 2. The van der Waals surface area contributed by atoms with E-state index in [0.717, 1.165) is 19.6 Å². The highest BCUT2D eigenvalue weighted by atomic mass is 16.6. The number of hydrogen-bond donors (Lipinski definition) is 6. The highest BCUT2D eigenvalue weighted by Crippen LogP contribution is 2.28. The number of nitrogens with zero attached hydrogens (tertiary/aromatic N) is 8. The Morgan fingerprint density at radius 3 is 1.54 bits per heavy atom. The number of aliphatic hydroxyl groups is 2. The van der Waals surface area contributed by atoms with Gasteiger partial charge in [0, 0.05) is 61.8 Å². The summed E-state index contributed by atoms with van der Waals surface area (Å²) in [6, 6.07) is -15.2. The summed E-state index contributed by atoms with van der Waals surface area (Å²) in [5, 5.41) is 34.0. The summed E-state index contributed by atoms with van der Waals surface area (Å²) in [6.07, 6.45) is 0.231. The van der Waals surface area contributed by atoms with Crippen LogP contribution in [0.25, 0.3) is 0 Å². The molecule has 0 aromatic carbocycles. The standard InChI is InChI=1S/C66H114N12O16/c1-22-24-25-41(13)54(80)53-58(84)69-45(23-2)60(86)78-34-44(94-66(92)77-26-28-93-29-27-77)33-49(78)63(89)74(19)50(35-79)57(83)70-51(39(9)10)64(90)71(16)46(30-36(3)4)56(82)67-42(14)55(81)68-43(15)59(85)72(17)47(31-37(5)6)61(87)73(18)48(32-38(7)8)62(88)75(20)52(40(11)12)65(91)76(53)21/h22,24,36-54,79-80H,23,25-35H2,1-21H3,(H,67,82)(H,68,81)(H,69,84)(H,70,83)/b24-22+/t41-,42+,43-,44?,45+,46+,47+,48+,49-,50+,51+,52+,53+,54-/m1/s1. The van der Waals surface area contributed by atoms with Gasteiger partial charge >= 0.3 is 6.09 Å². The number of nitrogens with one attached hydrogen (secondary N) is 4. The highest BCUT2D eigenvalue weighted by molar-refractivity contribution is 6.00. The SMILES string of the molecule is C/C=C/C[C@@H](C)[C@@H](O)[C@H]1C(=O)N[C@@H](CC)C(=O)N2CC(OC(=O)N3CCOCC3)C[C@@H]2C(=O)N(C)[C@@H](CO)C(=O)N[C@@H](C(C)C)C(=O)N(C)[C@@H](CC(C)C)C(=O)N[C@@H](C)C(=O)N[C@H](C)C(=O)N(C)[C@@H](CC(C)C)C(=O)N(C)[C@@H](CC(C)C)C(=O)N(C)[C@@H](C(C)C)C(=O)N1C. The molecule has 28 heteroatoms. The van der Waals surface area contributed by atoms with E-state index in [-0.39, 0.29) is 89.1 Å². The van der Waals surface area contributed by atoms with Crippen LogP contribution in [0.15, 0.2) is 12.2 Å². The van der Waals surface area contributed by atoms with Crippen molar-refractivity contribution in [2.24, 2.45) is 35.5 Å². The first-order valence-electron chi connectivity index (χ1n) is 33.4. The lowest BCUT2D eigenvalue weighted by atomic mass is 9.91. The van der Waals surface area contributed by atoms with Crippen molar-refractivity contribution in [3.05, 3.63) is 12.2 Å². The number of ether oxygens (including phenoxy) is 2. The van der Waals surface area contributed by atoms with Crippen molar-refractivity contribution < 1.29 is 77.2 Å². The lowest BCUT2D eigenvalue weighted by Gasteiger charge is -2.41. The van der Waals surface area contributed by atoms with Gasteiger partial charge in [-0.15, -0.1) is 0 Å². The summed E-state index contributed by atoms with van der Waals surface area (Å²) in [6.45, 7) is 25.1. The number of fused-ring (bicyclic) bond motifs is 1. The molecule has 0 aliphatic carbocycles. The van der Waals surface area contributed by atoms with E-state index in [1.165, 1.54) is 75.7 Å². The van der Waals surface area contributed by atoms with Crippen molar-refractivity contribution in [2.45, 2.75) is 221 Å². The molecule has 3 aliphatic heterocycles. The van der Waals surface area contributed by atoms with E-state index < -0.39 is 174 Å². The molecule has 6 N–H and O–H groups in total. The molecule has 3 rings (SSSR count). The zero-order valence-corrected chi connectivity index (χ0v) is 59.8. The van der Waals surface area contributed by atoms with Gasteiger partial charge in [-0.2, -0.15) is 0 Å². The van der Waals surface area contributed by atoms with E-state index in [1.807, 2.05) is 41.5 Å². The molecule has 3 heterocycles. The van der Waals surface area contributed by atoms with Crippen LogP contribution < -0.4 is 21.3 Å². The van der Waals surface area contributed by atoms with Crippen LogP contribution >= 0.6 is 0 Å². The molecule has 1 unspecified atom stereocenters. The fraction of sp³-hybridized carbons (Fsp3) is 0.788. The third-order valence-corrected chi connectivity index (χ3v) is 18.1. The van der Waals surface area contributed by atoms with Gasteiger partial charge in [-0.3, -0.25) is 52.7 Å². The first-order chi connectivity index (χ1) is 43.8. The normalized spacial score (nSPS) is 28.5. The fourth-order valence-corrected chi connectivity index (χ4v) is 12.3. The Balaban J connectivity index is 2.37. The molecule has 12 amide bonds. The molecule has 3 fully saturated rings. The van der Waals surface area contributed by atoms with Crippen molar-refractivity contribution >= 4 is 71.1 Å². The van der Waals surface area contributed by atoms with Crippen molar-refractivity contribution in [2.75, 3.05) is 81.7 Å². The lowest BCUT2D eigenvalue weighted by molar-refractivity contribution is -0.157. The van der Waals surface area contributed by atoms with Gasteiger partial charge in [-0.25, -0.2) is 4.79 Å². The molecule has 0 aromatic heterocycles. The maximum atomic E-state index is 15.4. The van der Waals surface area contributed by atoms with E-state index in [1.54, 1.807) is 60.6 Å².